The molecule has 1 aliphatic rings. The number of hydrogen-bond donors (Lipinski definition) is 2. The van der Waals surface area contributed by atoms with E-state index < -0.39 is 0 Å². The number of nitrogens with two attached hydrogens (primary N) is 1. The number of methoxy groups -OCH3 is 1. The summed E-state index contributed by atoms with van der Waals surface area (Å²) in [6.07, 6.45) is 2.78. The van der Waals surface area contributed by atoms with Crippen LogP contribution in [0.25, 0.3) is 0 Å². The fourth-order valence-electron chi connectivity index (χ4n) is 1.48. The predicted molar refractivity (Wildman–Crippen MR) is 62.0 cm³/mol. The summed E-state index contributed by atoms with van der Waals surface area (Å²) in [5, 5.41) is 2.82. The van der Waals surface area contributed by atoms with Crippen LogP contribution < -0.4 is 11.1 Å². The third kappa shape index (κ3) is 4.82. The Bertz CT molecular complexity index is 194. The minimum absolute atomic E-state index is 0. The molecular formula is C10H21ClN2O2. The first-order chi connectivity index (χ1) is 6.69. The van der Waals surface area contributed by atoms with E-state index in [0.29, 0.717) is 18.9 Å². The lowest BCUT2D eigenvalue weighted by molar-refractivity contribution is -0.131. The van der Waals surface area contributed by atoms with Crippen LogP contribution >= 0.6 is 12.4 Å². The average Bonchev–Trinajstić information content (AvgIpc) is 2.99. The van der Waals surface area contributed by atoms with Gasteiger partial charge in [-0.1, -0.05) is 6.92 Å². The first kappa shape index (κ1) is 14.7. The molecule has 0 radical (unpaired) electrons. The SMILES string of the molecule is CCC(OC)C(=O)NCC(N)C1CC1.Cl. The van der Waals surface area contributed by atoms with Crippen molar-refractivity contribution in [3.8, 4) is 0 Å². The average molecular weight is 237 g/mol. The molecule has 1 saturated carbocycles. The van der Waals surface area contributed by atoms with E-state index in [1.807, 2.05) is 6.92 Å². The van der Waals surface area contributed by atoms with Gasteiger partial charge in [-0.3, -0.25) is 4.79 Å². The van der Waals surface area contributed by atoms with Crippen LogP contribution in [-0.2, 0) is 9.53 Å². The van der Waals surface area contributed by atoms with Crippen molar-refractivity contribution in [1.82, 2.24) is 5.32 Å². The van der Waals surface area contributed by atoms with Gasteiger partial charge in [0.05, 0.1) is 0 Å². The monoisotopic (exact) mass is 236 g/mol. The Balaban J connectivity index is 0.00000196. The number of nitrogens with one attached hydrogen (secondary N) is 1. The minimum atomic E-state index is -0.332. The first-order valence-corrected chi connectivity index (χ1v) is 5.25. The number of carbonyl (C=O) groups is 1. The fourth-order valence-corrected chi connectivity index (χ4v) is 1.48. The van der Waals surface area contributed by atoms with Gasteiger partial charge in [-0.2, -0.15) is 0 Å². The van der Waals surface area contributed by atoms with E-state index in [1.165, 1.54) is 12.8 Å². The Morgan fingerprint density at radius 3 is 2.60 bits per heavy atom. The van der Waals surface area contributed by atoms with Crippen molar-refractivity contribution in [3.05, 3.63) is 0 Å². The van der Waals surface area contributed by atoms with Crippen molar-refractivity contribution in [2.75, 3.05) is 13.7 Å². The zero-order valence-electron chi connectivity index (χ0n) is 9.36. The first-order valence-electron chi connectivity index (χ1n) is 5.25. The lowest BCUT2D eigenvalue weighted by Crippen LogP contribution is -2.43. The summed E-state index contributed by atoms with van der Waals surface area (Å²) in [5.74, 6) is 0.573. The van der Waals surface area contributed by atoms with Gasteiger partial charge in [0.15, 0.2) is 0 Å². The maximum Gasteiger partial charge on any atom is 0.249 e. The molecule has 0 aromatic heterocycles. The quantitative estimate of drug-likeness (QED) is 0.713. The van der Waals surface area contributed by atoms with E-state index in [1.54, 1.807) is 7.11 Å². The van der Waals surface area contributed by atoms with Gasteiger partial charge in [0.25, 0.3) is 0 Å². The fraction of sp³-hybridized carbons (Fsp3) is 0.900. The summed E-state index contributed by atoms with van der Waals surface area (Å²) in [6, 6.07) is 0.119. The van der Waals surface area contributed by atoms with E-state index in [9.17, 15) is 4.79 Å². The van der Waals surface area contributed by atoms with Gasteiger partial charge in [0, 0.05) is 19.7 Å². The molecule has 2 atom stereocenters. The van der Waals surface area contributed by atoms with Gasteiger partial charge in [0.1, 0.15) is 6.10 Å². The third-order valence-electron chi connectivity index (χ3n) is 2.69. The van der Waals surface area contributed by atoms with Crippen molar-refractivity contribution in [2.24, 2.45) is 11.7 Å². The van der Waals surface area contributed by atoms with E-state index in [4.69, 9.17) is 10.5 Å². The van der Waals surface area contributed by atoms with E-state index in [2.05, 4.69) is 5.32 Å². The summed E-state index contributed by atoms with van der Waals surface area (Å²) >= 11 is 0. The lowest BCUT2D eigenvalue weighted by atomic mass is 10.2. The molecule has 0 spiro atoms. The van der Waals surface area contributed by atoms with Crippen molar-refractivity contribution in [2.45, 2.75) is 38.3 Å². The van der Waals surface area contributed by atoms with Gasteiger partial charge in [-0.05, 0) is 25.2 Å². The topological polar surface area (TPSA) is 64.3 Å². The molecule has 0 aromatic rings. The highest BCUT2D eigenvalue weighted by atomic mass is 35.5. The molecular weight excluding hydrogens is 216 g/mol. The van der Waals surface area contributed by atoms with Crippen molar-refractivity contribution >= 4 is 18.3 Å². The van der Waals surface area contributed by atoms with Gasteiger partial charge in [-0.15, -0.1) is 12.4 Å². The Morgan fingerprint density at radius 2 is 2.20 bits per heavy atom. The molecule has 15 heavy (non-hydrogen) atoms. The Labute approximate surface area is 97.3 Å². The number of rotatable bonds is 6. The van der Waals surface area contributed by atoms with Crippen LogP contribution in [0.4, 0.5) is 0 Å². The Kier molecular flexibility index (Phi) is 6.89. The Hall–Kier alpha value is -0.320. The van der Waals surface area contributed by atoms with Crippen molar-refractivity contribution in [3.63, 3.8) is 0 Å². The van der Waals surface area contributed by atoms with Crippen molar-refractivity contribution < 1.29 is 9.53 Å². The minimum Gasteiger partial charge on any atom is -0.372 e. The predicted octanol–water partition coefficient (Wildman–Crippen LogP) is 0.687. The Morgan fingerprint density at radius 1 is 1.60 bits per heavy atom. The maximum absolute atomic E-state index is 11.5. The van der Waals surface area contributed by atoms with Crippen LogP contribution in [0.2, 0.25) is 0 Å². The summed E-state index contributed by atoms with van der Waals surface area (Å²) in [7, 11) is 1.55. The van der Waals surface area contributed by atoms with Crippen LogP contribution in [0.15, 0.2) is 0 Å². The molecule has 4 nitrogen and oxygen atoms in total. The van der Waals surface area contributed by atoms with Crippen LogP contribution in [0, 0.1) is 5.92 Å². The maximum atomic E-state index is 11.5. The van der Waals surface area contributed by atoms with Crippen LogP contribution in [-0.4, -0.2) is 31.7 Å². The summed E-state index contributed by atoms with van der Waals surface area (Å²) in [4.78, 5) is 11.5. The number of carbonyl (C=O) groups excluding carboxylic acids is 1. The molecule has 3 N–H and O–H groups in total. The van der Waals surface area contributed by atoms with Crippen LogP contribution in [0.5, 0.6) is 0 Å². The second-order valence-corrected chi connectivity index (χ2v) is 3.88. The van der Waals surface area contributed by atoms with Gasteiger partial charge < -0.3 is 15.8 Å². The number of halogens is 1. The number of amides is 1. The highest BCUT2D eigenvalue weighted by molar-refractivity contribution is 5.85. The summed E-state index contributed by atoms with van der Waals surface area (Å²) in [5.41, 5.74) is 5.85. The number of hydrogen-bond acceptors (Lipinski definition) is 3. The standard InChI is InChI=1S/C10H20N2O2.ClH/c1-3-9(14-2)10(13)12-6-8(11)7-4-5-7;/h7-9H,3-6,11H2,1-2H3,(H,12,13);1H. The van der Waals surface area contributed by atoms with Gasteiger partial charge in [0.2, 0.25) is 5.91 Å². The van der Waals surface area contributed by atoms with Gasteiger partial charge >= 0.3 is 0 Å². The smallest absolute Gasteiger partial charge is 0.249 e. The van der Waals surface area contributed by atoms with E-state index in [-0.39, 0.29) is 30.5 Å². The molecule has 1 amide bonds. The molecule has 0 saturated heterocycles. The molecule has 1 fully saturated rings. The summed E-state index contributed by atoms with van der Waals surface area (Å²) in [6.45, 7) is 2.50. The second-order valence-electron chi connectivity index (χ2n) is 3.88. The molecule has 90 valence electrons. The molecule has 0 heterocycles. The second kappa shape index (κ2) is 7.04. The number of ether oxygens (including phenoxy) is 1. The molecule has 1 aliphatic carbocycles. The molecule has 0 bridgehead atoms. The van der Waals surface area contributed by atoms with Gasteiger partial charge in [-0.25, -0.2) is 0 Å². The lowest BCUT2D eigenvalue weighted by Gasteiger charge is -2.16. The highest BCUT2D eigenvalue weighted by Crippen LogP contribution is 2.31. The van der Waals surface area contributed by atoms with E-state index >= 15 is 0 Å². The molecule has 2 unspecified atom stereocenters. The largest absolute Gasteiger partial charge is 0.372 e. The zero-order valence-corrected chi connectivity index (χ0v) is 10.2. The molecule has 1 rings (SSSR count). The molecule has 5 heteroatoms. The van der Waals surface area contributed by atoms with E-state index in [0.717, 1.165) is 0 Å². The highest BCUT2D eigenvalue weighted by Gasteiger charge is 2.28. The summed E-state index contributed by atoms with van der Waals surface area (Å²) < 4.78 is 5.02. The normalized spacial score (nSPS) is 18.9. The zero-order chi connectivity index (χ0) is 10.6. The van der Waals surface area contributed by atoms with Crippen LogP contribution in [0.1, 0.15) is 26.2 Å². The molecule has 0 aromatic carbocycles. The third-order valence-corrected chi connectivity index (χ3v) is 2.69. The van der Waals surface area contributed by atoms with Crippen LogP contribution in [0.3, 0.4) is 0 Å². The molecule has 0 aliphatic heterocycles. The van der Waals surface area contributed by atoms with Crippen molar-refractivity contribution in [1.29, 1.82) is 0 Å².